The number of thiocarbonyl (C=S) groups is 1. The molecule has 1 unspecified atom stereocenters. The molecule has 0 radical (unpaired) electrons. The second-order valence-corrected chi connectivity index (χ2v) is 7.21. The molecule has 1 heterocycles. The Morgan fingerprint density at radius 2 is 2.20 bits per heavy atom. The highest BCUT2D eigenvalue weighted by molar-refractivity contribution is 8.23. The van der Waals surface area contributed by atoms with Crippen molar-refractivity contribution in [3.8, 4) is 0 Å². The second kappa shape index (κ2) is 5.50. The summed E-state index contributed by atoms with van der Waals surface area (Å²) < 4.78 is 15.4. The molecule has 3 nitrogen and oxygen atoms in total. The van der Waals surface area contributed by atoms with Crippen LogP contribution in [-0.2, 0) is 0 Å². The van der Waals surface area contributed by atoms with Gasteiger partial charge in [-0.15, -0.1) is 0 Å². The van der Waals surface area contributed by atoms with Crippen LogP contribution in [0.25, 0.3) is 0 Å². The lowest BCUT2D eigenvalue weighted by atomic mass is 10.0. The first-order valence-electron chi connectivity index (χ1n) is 5.95. The summed E-state index contributed by atoms with van der Waals surface area (Å²) in [5, 5.41) is 10.2. The molecule has 0 spiro atoms. The van der Waals surface area contributed by atoms with Crippen LogP contribution in [0.3, 0.4) is 0 Å². The minimum absolute atomic E-state index is 0.161. The molecule has 0 amide bonds. The number of likely N-dealkylation sites (N-methyl/N-ethyl adjacent to an activating group) is 1. The topological polar surface area (TPSA) is 26.5 Å². The van der Waals surface area contributed by atoms with Gasteiger partial charge in [0.1, 0.15) is 15.7 Å². The molecule has 1 atom stereocenters. The van der Waals surface area contributed by atoms with Gasteiger partial charge in [0.25, 0.3) is 5.37 Å². The van der Waals surface area contributed by atoms with Gasteiger partial charge < -0.3 is 4.90 Å². The fourth-order valence-electron chi connectivity index (χ4n) is 1.93. The smallest absolute Gasteiger partial charge is 0.276 e. The number of rotatable bonds is 2. The van der Waals surface area contributed by atoms with E-state index in [0.717, 1.165) is 4.74 Å². The Bertz CT molecular complexity index is 571. The highest BCUT2D eigenvalue weighted by Gasteiger charge is 2.51. The van der Waals surface area contributed by atoms with Gasteiger partial charge >= 0.3 is 0 Å². The van der Waals surface area contributed by atoms with Crippen molar-refractivity contribution < 1.29 is 14.3 Å². The molecule has 0 bridgehead atoms. The first-order valence-corrected chi connectivity index (χ1v) is 7.62. The number of hydrogen-bond donors (Lipinski definition) is 1. The first kappa shape index (κ1) is 15.5. The molecule has 2 rings (SSSR count). The van der Waals surface area contributed by atoms with Crippen LogP contribution in [0.1, 0.15) is 19.4 Å². The van der Waals surface area contributed by atoms with Crippen molar-refractivity contribution in [1.29, 1.82) is 0 Å². The van der Waals surface area contributed by atoms with Crippen LogP contribution in [0.15, 0.2) is 18.2 Å². The summed E-state index contributed by atoms with van der Waals surface area (Å²) >= 11 is 12.6. The molecule has 20 heavy (non-hydrogen) atoms. The van der Waals surface area contributed by atoms with Gasteiger partial charge in [-0.1, -0.05) is 29.9 Å². The van der Waals surface area contributed by atoms with Gasteiger partial charge in [-0.3, -0.25) is 5.21 Å². The van der Waals surface area contributed by atoms with Gasteiger partial charge in [-0.05, 0) is 42.5 Å². The number of thioether (sulfide) groups is 1. The standard InChI is InChI=1S/C13H15ClFN2OS2/c1-13(2)11(20-12(19)16(13)3)17(18)7-8-9(14)5-4-6-10(8)15/h4-7,11,18H,1-3H3/q+1. The van der Waals surface area contributed by atoms with Crippen LogP contribution >= 0.6 is 35.6 Å². The minimum atomic E-state index is -0.478. The molecule has 1 aliphatic heterocycles. The van der Waals surface area contributed by atoms with Crippen molar-refractivity contribution in [3.63, 3.8) is 0 Å². The maximum atomic E-state index is 13.7. The molecule has 1 aromatic carbocycles. The van der Waals surface area contributed by atoms with Crippen LogP contribution in [0.4, 0.5) is 4.39 Å². The Morgan fingerprint density at radius 3 is 2.70 bits per heavy atom. The third-order valence-electron chi connectivity index (χ3n) is 3.46. The van der Waals surface area contributed by atoms with Crippen LogP contribution in [0, 0.1) is 5.82 Å². The molecule has 108 valence electrons. The zero-order chi connectivity index (χ0) is 15.1. The molecule has 0 aliphatic carbocycles. The van der Waals surface area contributed by atoms with Gasteiger partial charge in [-0.25, -0.2) is 4.39 Å². The zero-order valence-corrected chi connectivity index (χ0v) is 13.7. The maximum Gasteiger partial charge on any atom is 0.276 e. The fourth-order valence-corrected chi connectivity index (χ4v) is 3.85. The van der Waals surface area contributed by atoms with Crippen LogP contribution in [0.2, 0.25) is 5.02 Å². The van der Waals surface area contributed by atoms with Crippen LogP contribution < -0.4 is 0 Å². The van der Waals surface area contributed by atoms with E-state index in [1.165, 1.54) is 30.1 Å². The number of halogens is 2. The Kier molecular flexibility index (Phi) is 4.27. The van der Waals surface area contributed by atoms with Crippen molar-refractivity contribution >= 4 is 46.1 Å². The lowest BCUT2D eigenvalue weighted by Gasteiger charge is -2.28. The van der Waals surface area contributed by atoms with Gasteiger partial charge in [-0.2, -0.15) is 0 Å². The summed E-state index contributed by atoms with van der Waals surface area (Å²) in [5.74, 6) is -0.478. The lowest BCUT2D eigenvalue weighted by Crippen LogP contribution is -2.47. The van der Waals surface area contributed by atoms with E-state index in [2.05, 4.69) is 0 Å². The summed E-state index contributed by atoms with van der Waals surface area (Å²) in [6.45, 7) is 3.92. The van der Waals surface area contributed by atoms with Gasteiger partial charge in [0.2, 0.25) is 6.21 Å². The highest BCUT2D eigenvalue weighted by atomic mass is 35.5. The van der Waals surface area contributed by atoms with Gasteiger partial charge in [0, 0.05) is 7.05 Å². The molecular weight excluding hydrogens is 319 g/mol. The predicted molar refractivity (Wildman–Crippen MR) is 84.4 cm³/mol. The Morgan fingerprint density at radius 1 is 1.55 bits per heavy atom. The van der Waals surface area contributed by atoms with Gasteiger partial charge in [0.05, 0.1) is 10.6 Å². The molecule has 0 aromatic heterocycles. The average Bonchev–Trinajstić information content (AvgIpc) is 2.57. The molecule has 1 N–H and O–H groups in total. The van der Waals surface area contributed by atoms with E-state index in [1.807, 2.05) is 25.8 Å². The van der Waals surface area contributed by atoms with E-state index in [-0.39, 0.29) is 21.5 Å². The Balaban J connectivity index is 2.39. The third kappa shape index (κ3) is 2.64. The molecule has 1 aromatic rings. The fraction of sp³-hybridized carbons (Fsp3) is 0.385. The van der Waals surface area contributed by atoms with Crippen LogP contribution in [-0.4, -0.2) is 43.3 Å². The largest absolute Gasteiger partial charge is 0.347 e. The molecular formula is C13H15ClFN2OS2+. The number of benzene rings is 1. The van der Waals surface area contributed by atoms with Crippen molar-refractivity contribution in [3.05, 3.63) is 34.6 Å². The summed E-state index contributed by atoms with van der Waals surface area (Å²) in [6.07, 6.45) is 1.30. The molecule has 1 saturated heterocycles. The van der Waals surface area contributed by atoms with E-state index in [1.54, 1.807) is 6.07 Å². The average molecular weight is 334 g/mol. The van der Waals surface area contributed by atoms with E-state index >= 15 is 0 Å². The monoisotopic (exact) mass is 333 g/mol. The normalized spacial score (nSPS) is 22.4. The summed E-state index contributed by atoms with van der Waals surface area (Å²) in [5.41, 5.74) is -0.224. The molecule has 0 saturated carbocycles. The second-order valence-electron chi connectivity index (χ2n) is 5.09. The van der Waals surface area contributed by atoms with E-state index < -0.39 is 5.82 Å². The van der Waals surface area contributed by atoms with Crippen LogP contribution in [0.5, 0.6) is 0 Å². The molecule has 1 fully saturated rings. The lowest BCUT2D eigenvalue weighted by molar-refractivity contribution is -0.785. The zero-order valence-electron chi connectivity index (χ0n) is 11.3. The summed E-state index contributed by atoms with van der Waals surface area (Å²) in [6, 6.07) is 4.40. The van der Waals surface area contributed by atoms with E-state index in [0.29, 0.717) is 4.32 Å². The van der Waals surface area contributed by atoms with Gasteiger partial charge in [0.15, 0.2) is 0 Å². The summed E-state index contributed by atoms with van der Waals surface area (Å²) in [4.78, 5) is 1.91. The van der Waals surface area contributed by atoms with Crippen molar-refractivity contribution in [2.24, 2.45) is 0 Å². The van der Waals surface area contributed by atoms with E-state index in [4.69, 9.17) is 23.8 Å². The summed E-state index contributed by atoms with van der Waals surface area (Å²) in [7, 11) is 1.87. The molecule has 7 heteroatoms. The third-order valence-corrected chi connectivity index (χ3v) is 5.84. The Labute approximate surface area is 132 Å². The number of nitrogens with zero attached hydrogens (tertiary/aromatic N) is 2. The van der Waals surface area contributed by atoms with Crippen molar-refractivity contribution in [2.75, 3.05) is 7.05 Å². The van der Waals surface area contributed by atoms with E-state index in [9.17, 15) is 9.60 Å². The molecule has 1 aliphatic rings. The quantitative estimate of drug-likeness (QED) is 0.295. The first-order chi connectivity index (χ1) is 9.25. The Hall–Kier alpha value is -0.850. The number of hydroxylamine groups is 1. The SMILES string of the molecule is CN1C(=S)SC([N+](O)=Cc2c(F)cccc2Cl)C1(C)C. The number of hydrogen-bond acceptors (Lipinski definition) is 3. The van der Waals surface area contributed by atoms with Crippen molar-refractivity contribution in [2.45, 2.75) is 24.8 Å². The predicted octanol–water partition coefficient (Wildman–Crippen LogP) is 3.37. The minimum Gasteiger partial charge on any atom is -0.347 e. The van der Waals surface area contributed by atoms with Crippen molar-refractivity contribution in [1.82, 2.24) is 4.90 Å². The highest BCUT2D eigenvalue weighted by Crippen LogP contribution is 2.38. The maximum absolute atomic E-state index is 13.7.